The van der Waals surface area contributed by atoms with Crippen LogP contribution in [0.2, 0.25) is 5.02 Å². The third kappa shape index (κ3) is 6.73. The fourth-order valence-electron chi connectivity index (χ4n) is 3.77. The molecule has 0 unspecified atom stereocenters. The number of hydrogen-bond donors (Lipinski definition) is 1. The smallest absolute Gasteiger partial charge is 0.308 e. The molecular weight excluding hydrogens is 511 g/mol. The molecule has 0 radical (unpaired) electrons. The molecule has 38 heavy (non-hydrogen) atoms. The second kappa shape index (κ2) is 11.7. The lowest BCUT2D eigenvalue weighted by Gasteiger charge is -2.19. The zero-order valence-electron chi connectivity index (χ0n) is 21.5. The number of anilines is 1. The van der Waals surface area contributed by atoms with Crippen molar-refractivity contribution < 1.29 is 23.2 Å². The molecule has 4 rings (SSSR count). The summed E-state index contributed by atoms with van der Waals surface area (Å²) in [7, 11) is 1.58. The molecule has 2 aromatic heterocycles. The maximum Gasteiger partial charge on any atom is 0.308 e. The number of aromatic nitrogens is 3. The van der Waals surface area contributed by atoms with E-state index in [1.165, 1.54) is 6.07 Å². The molecule has 0 saturated heterocycles. The van der Waals surface area contributed by atoms with Gasteiger partial charge >= 0.3 is 5.97 Å². The predicted molar refractivity (Wildman–Crippen MR) is 143 cm³/mol. The van der Waals surface area contributed by atoms with Crippen LogP contribution in [0.4, 0.5) is 10.2 Å². The number of methoxy groups -OCH3 is 1. The number of pyridine rings is 1. The van der Waals surface area contributed by atoms with Crippen molar-refractivity contribution in [2.45, 2.75) is 39.4 Å². The lowest BCUT2D eigenvalue weighted by atomic mass is 9.97. The van der Waals surface area contributed by atoms with Gasteiger partial charge in [0.25, 0.3) is 5.89 Å². The highest BCUT2D eigenvalue weighted by molar-refractivity contribution is 6.33. The van der Waals surface area contributed by atoms with Gasteiger partial charge in [-0.1, -0.05) is 41.0 Å². The molecule has 8 nitrogen and oxygen atoms in total. The van der Waals surface area contributed by atoms with Gasteiger partial charge in [0, 0.05) is 36.5 Å². The van der Waals surface area contributed by atoms with E-state index in [0.717, 1.165) is 11.1 Å². The summed E-state index contributed by atoms with van der Waals surface area (Å²) in [6.45, 7) is 6.05. The number of rotatable bonds is 9. The number of carbonyl (C=O) groups is 1. The first-order valence-corrected chi connectivity index (χ1v) is 12.3. The summed E-state index contributed by atoms with van der Waals surface area (Å²) in [5, 5.41) is 7.44. The van der Waals surface area contributed by atoms with Gasteiger partial charge in [-0.25, -0.2) is 9.37 Å². The highest BCUT2D eigenvalue weighted by Crippen LogP contribution is 2.32. The highest BCUT2D eigenvalue weighted by Gasteiger charge is 2.18. The van der Waals surface area contributed by atoms with Crippen molar-refractivity contribution in [1.29, 1.82) is 0 Å². The summed E-state index contributed by atoms with van der Waals surface area (Å²) < 4.78 is 30.5. The molecule has 0 aliphatic rings. The first kappa shape index (κ1) is 27.2. The fourth-order valence-corrected chi connectivity index (χ4v) is 4.00. The zero-order chi connectivity index (χ0) is 27.3. The van der Waals surface area contributed by atoms with Crippen LogP contribution < -0.4 is 5.32 Å². The molecule has 0 atom stereocenters. The normalized spacial score (nSPS) is 11.4. The lowest BCUT2D eigenvalue weighted by molar-refractivity contribution is -0.154. The van der Waals surface area contributed by atoms with Crippen molar-refractivity contribution in [1.82, 2.24) is 15.1 Å². The average molecular weight is 539 g/mol. The van der Waals surface area contributed by atoms with Gasteiger partial charge in [0.1, 0.15) is 17.2 Å². The van der Waals surface area contributed by atoms with Gasteiger partial charge in [0.2, 0.25) is 5.82 Å². The monoisotopic (exact) mass is 538 g/mol. The van der Waals surface area contributed by atoms with E-state index in [9.17, 15) is 9.18 Å². The summed E-state index contributed by atoms with van der Waals surface area (Å²) in [5.74, 6) is 0.391. The van der Waals surface area contributed by atoms with Crippen LogP contribution in [0.1, 0.15) is 32.8 Å². The Morgan fingerprint density at radius 2 is 1.89 bits per heavy atom. The Morgan fingerprint density at radius 3 is 2.61 bits per heavy atom. The molecule has 4 aromatic rings. The number of nitrogens with zero attached hydrogens (tertiary/aromatic N) is 3. The van der Waals surface area contributed by atoms with Crippen LogP contribution in [-0.2, 0) is 20.9 Å². The molecule has 2 heterocycles. The number of ether oxygens (including phenoxy) is 2. The minimum Gasteiger partial charge on any atom is -0.460 e. The topological polar surface area (TPSA) is 99.4 Å². The van der Waals surface area contributed by atoms with Crippen LogP contribution in [0.5, 0.6) is 0 Å². The Morgan fingerprint density at radius 1 is 1.11 bits per heavy atom. The minimum absolute atomic E-state index is 0.173. The van der Waals surface area contributed by atoms with Gasteiger partial charge in [-0.3, -0.25) is 4.79 Å². The van der Waals surface area contributed by atoms with Gasteiger partial charge < -0.3 is 19.3 Å². The Bertz CT molecular complexity index is 1430. The molecule has 198 valence electrons. The highest BCUT2D eigenvalue weighted by atomic mass is 35.5. The molecule has 1 N–H and O–H groups in total. The summed E-state index contributed by atoms with van der Waals surface area (Å²) >= 11 is 6.40. The van der Waals surface area contributed by atoms with Gasteiger partial charge in [0.15, 0.2) is 0 Å². The molecule has 0 amide bonds. The maximum atomic E-state index is 14.4. The van der Waals surface area contributed by atoms with E-state index < -0.39 is 5.60 Å². The first-order valence-electron chi connectivity index (χ1n) is 12.0. The number of benzene rings is 2. The van der Waals surface area contributed by atoms with E-state index in [2.05, 4.69) is 20.4 Å². The Kier molecular flexibility index (Phi) is 8.38. The molecule has 0 fully saturated rings. The molecule has 0 spiro atoms. The number of esters is 1. The lowest BCUT2D eigenvalue weighted by Crippen LogP contribution is -2.25. The van der Waals surface area contributed by atoms with E-state index in [1.807, 2.05) is 32.9 Å². The van der Waals surface area contributed by atoms with Crippen molar-refractivity contribution in [2.75, 3.05) is 19.0 Å². The number of carbonyl (C=O) groups excluding carboxylic acids is 1. The van der Waals surface area contributed by atoms with Crippen LogP contribution in [0.25, 0.3) is 34.0 Å². The predicted octanol–water partition coefficient (Wildman–Crippen LogP) is 6.55. The molecule has 0 bridgehead atoms. The molecular formula is C28H28ClFN4O4. The third-order valence-corrected chi connectivity index (χ3v) is 5.67. The Hall–Kier alpha value is -3.82. The van der Waals surface area contributed by atoms with Gasteiger partial charge in [-0.05, 0) is 56.2 Å². The minimum atomic E-state index is -0.536. The van der Waals surface area contributed by atoms with Crippen molar-refractivity contribution in [3.05, 3.63) is 71.1 Å². The largest absolute Gasteiger partial charge is 0.460 e. The van der Waals surface area contributed by atoms with Gasteiger partial charge in [-0.15, -0.1) is 0 Å². The maximum absolute atomic E-state index is 14.4. The summed E-state index contributed by atoms with van der Waals surface area (Å²) in [5.41, 5.74) is 2.67. The average Bonchev–Trinajstić information content (AvgIpc) is 3.35. The molecule has 10 heteroatoms. The number of hydrogen-bond acceptors (Lipinski definition) is 8. The number of nitrogens with one attached hydrogen (secondary N) is 1. The van der Waals surface area contributed by atoms with Crippen molar-refractivity contribution in [3.8, 4) is 34.0 Å². The van der Waals surface area contributed by atoms with E-state index in [0.29, 0.717) is 39.9 Å². The van der Waals surface area contributed by atoms with Crippen molar-refractivity contribution in [3.63, 3.8) is 0 Å². The fraction of sp³-hybridized carbons (Fsp3) is 0.286. The molecule has 0 aliphatic heterocycles. The second-order valence-electron chi connectivity index (χ2n) is 9.53. The Balaban J connectivity index is 1.49. The standard InChI is InChI=1S/C28H28ClFN4O4/c1-28(2,3)37-24(35)11-12-31-26-22(29)14-18(15-32-26)25-33-27(38-34-25)17-9-10-20(19(13-17)16-36-4)21-7-5-6-8-23(21)30/h5-10,13-15H,11-12,16H2,1-4H3,(H,31,32). The SMILES string of the molecule is COCc1cc(-c2nc(-c3cnc(NCCC(=O)OC(C)(C)C)c(Cl)c3)no2)ccc1-c1ccccc1F. The van der Waals surface area contributed by atoms with E-state index in [-0.39, 0.29) is 30.7 Å². The quantitative estimate of drug-likeness (QED) is 0.239. The van der Waals surface area contributed by atoms with Crippen LogP contribution in [0.3, 0.4) is 0 Å². The van der Waals surface area contributed by atoms with E-state index in [4.69, 9.17) is 25.6 Å². The first-order chi connectivity index (χ1) is 18.1. The molecule has 2 aromatic carbocycles. The van der Waals surface area contributed by atoms with Crippen LogP contribution in [0.15, 0.2) is 59.3 Å². The van der Waals surface area contributed by atoms with Crippen LogP contribution in [-0.4, -0.2) is 40.3 Å². The summed E-state index contributed by atoms with van der Waals surface area (Å²) in [6.07, 6.45) is 1.74. The van der Waals surface area contributed by atoms with Gasteiger partial charge in [0.05, 0.1) is 18.1 Å². The van der Waals surface area contributed by atoms with Crippen LogP contribution in [0, 0.1) is 5.82 Å². The Labute approximate surface area is 225 Å². The van der Waals surface area contributed by atoms with E-state index >= 15 is 0 Å². The third-order valence-electron chi connectivity index (χ3n) is 5.38. The zero-order valence-corrected chi connectivity index (χ0v) is 22.3. The molecule has 0 aliphatic carbocycles. The van der Waals surface area contributed by atoms with Crippen molar-refractivity contribution >= 4 is 23.4 Å². The number of halogens is 2. The summed E-state index contributed by atoms with van der Waals surface area (Å²) in [4.78, 5) is 20.7. The van der Waals surface area contributed by atoms with Crippen molar-refractivity contribution in [2.24, 2.45) is 0 Å². The summed E-state index contributed by atoms with van der Waals surface area (Å²) in [6, 6.07) is 13.7. The molecule has 0 saturated carbocycles. The van der Waals surface area contributed by atoms with E-state index in [1.54, 1.807) is 43.6 Å². The van der Waals surface area contributed by atoms with Gasteiger partial charge in [-0.2, -0.15) is 4.98 Å². The second-order valence-corrected chi connectivity index (χ2v) is 9.93. The van der Waals surface area contributed by atoms with Crippen LogP contribution >= 0.6 is 11.6 Å².